The van der Waals surface area contributed by atoms with E-state index in [1.807, 2.05) is 12.1 Å². The third-order valence-corrected chi connectivity index (χ3v) is 3.43. The van der Waals surface area contributed by atoms with Crippen molar-refractivity contribution in [3.63, 3.8) is 0 Å². The van der Waals surface area contributed by atoms with Crippen molar-refractivity contribution in [2.45, 2.75) is 12.5 Å². The molecule has 0 aromatic heterocycles. The Balaban J connectivity index is 2.33. The smallest absolute Gasteiger partial charge is 0.337 e. The zero-order valence-corrected chi connectivity index (χ0v) is 14.0. The van der Waals surface area contributed by atoms with Crippen LogP contribution in [0.3, 0.4) is 0 Å². The molecule has 0 heterocycles. The van der Waals surface area contributed by atoms with Crippen molar-refractivity contribution in [3.8, 4) is 12.1 Å². The number of rotatable bonds is 6. The maximum absolute atomic E-state index is 11.3. The van der Waals surface area contributed by atoms with Gasteiger partial charge in [-0.05, 0) is 43.3 Å². The average Bonchev–Trinajstić information content (AvgIpc) is 2.66. The SMILES string of the molecule is CC(C#N)(C#N)Nc1cccc(N=Nc2ccc(C(=O)O)cc2C(=O)O)c1. The van der Waals surface area contributed by atoms with E-state index in [-0.39, 0.29) is 16.8 Å². The molecule has 0 saturated heterocycles. The first-order valence-electron chi connectivity index (χ1n) is 7.51. The number of hydrogen-bond acceptors (Lipinski definition) is 7. The minimum absolute atomic E-state index is 0.00949. The molecule has 0 bridgehead atoms. The van der Waals surface area contributed by atoms with Crippen molar-refractivity contribution in [2.75, 3.05) is 5.32 Å². The number of anilines is 1. The van der Waals surface area contributed by atoms with Gasteiger partial charge in [-0.25, -0.2) is 9.59 Å². The second-order valence-electron chi connectivity index (χ2n) is 5.57. The van der Waals surface area contributed by atoms with Crippen LogP contribution in [0.1, 0.15) is 27.6 Å². The zero-order valence-electron chi connectivity index (χ0n) is 14.0. The highest BCUT2D eigenvalue weighted by molar-refractivity contribution is 5.97. The van der Waals surface area contributed by atoms with Crippen molar-refractivity contribution >= 4 is 29.0 Å². The van der Waals surface area contributed by atoms with Crippen LogP contribution in [0.2, 0.25) is 0 Å². The van der Waals surface area contributed by atoms with Crippen LogP contribution in [0.5, 0.6) is 0 Å². The lowest BCUT2D eigenvalue weighted by atomic mass is 10.1. The summed E-state index contributed by atoms with van der Waals surface area (Å²) < 4.78 is 0. The Morgan fingerprint density at radius 2 is 1.74 bits per heavy atom. The highest BCUT2D eigenvalue weighted by Gasteiger charge is 2.22. The molecule has 0 atom stereocenters. The number of carboxylic acids is 2. The van der Waals surface area contributed by atoms with Gasteiger partial charge >= 0.3 is 11.9 Å². The molecular formula is C18H13N5O4. The summed E-state index contributed by atoms with van der Waals surface area (Å²) in [7, 11) is 0. The second kappa shape index (κ2) is 7.76. The highest BCUT2D eigenvalue weighted by Crippen LogP contribution is 2.26. The molecule has 0 fully saturated rings. The summed E-state index contributed by atoms with van der Waals surface area (Å²) in [6.07, 6.45) is 0. The first-order valence-corrected chi connectivity index (χ1v) is 7.51. The van der Waals surface area contributed by atoms with Gasteiger partial charge in [-0.15, -0.1) is 5.11 Å². The molecule has 2 aromatic carbocycles. The number of nitrogens with zero attached hydrogens (tertiary/aromatic N) is 4. The van der Waals surface area contributed by atoms with Crippen molar-refractivity contribution in [3.05, 3.63) is 53.6 Å². The lowest BCUT2D eigenvalue weighted by Crippen LogP contribution is -2.30. The summed E-state index contributed by atoms with van der Waals surface area (Å²) in [5.41, 5.74) is -1.10. The monoisotopic (exact) mass is 363 g/mol. The Hall–Kier alpha value is -4.24. The molecule has 0 radical (unpaired) electrons. The number of nitriles is 2. The topological polar surface area (TPSA) is 159 Å². The predicted molar refractivity (Wildman–Crippen MR) is 94.2 cm³/mol. The van der Waals surface area contributed by atoms with Gasteiger partial charge in [0.2, 0.25) is 5.54 Å². The average molecular weight is 363 g/mol. The predicted octanol–water partition coefficient (Wildman–Crippen LogP) is 3.72. The molecule has 27 heavy (non-hydrogen) atoms. The number of carboxylic acid groups (broad SMARTS) is 2. The maximum atomic E-state index is 11.3. The van der Waals surface area contributed by atoms with Crippen LogP contribution >= 0.6 is 0 Å². The fourth-order valence-corrected chi connectivity index (χ4v) is 2.05. The number of azo groups is 1. The lowest BCUT2D eigenvalue weighted by Gasteiger charge is -2.16. The number of aromatic carboxylic acids is 2. The summed E-state index contributed by atoms with van der Waals surface area (Å²) in [6.45, 7) is 1.42. The van der Waals surface area contributed by atoms with Gasteiger partial charge < -0.3 is 15.5 Å². The van der Waals surface area contributed by atoms with Gasteiger partial charge in [-0.3, -0.25) is 0 Å². The van der Waals surface area contributed by atoms with E-state index in [2.05, 4.69) is 15.5 Å². The van der Waals surface area contributed by atoms with E-state index in [9.17, 15) is 14.7 Å². The van der Waals surface area contributed by atoms with Gasteiger partial charge in [0.25, 0.3) is 0 Å². The molecule has 2 rings (SSSR count). The standard InChI is InChI=1S/C18H13N5O4/c1-18(9-19,10-20)21-12-3-2-4-13(8-12)22-23-15-6-5-11(16(24)25)7-14(15)17(26)27/h2-8,21H,1H3,(H,24,25)(H,26,27). The Bertz CT molecular complexity index is 1000. The number of benzene rings is 2. The van der Waals surface area contributed by atoms with E-state index in [0.29, 0.717) is 11.4 Å². The Labute approximate surface area is 153 Å². The fraction of sp³-hybridized carbons (Fsp3) is 0.111. The van der Waals surface area contributed by atoms with Crippen LogP contribution in [0.4, 0.5) is 17.1 Å². The van der Waals surface area contributed by atoms with Gasteiger partial charge in [-0.2, -0.15) is 15.6 Å². The fourth-order valence-electron chi connectivity index (χ4n) is 2.05. The molecule has 0 spiro atoms. The molecule has 3 N–H and O–H groups in total. The van der Waals surface area contributed by atoms with Crippen molar-refractivity contribution < 1.29 is 19.8 Å². The second-order valence-corrected chi connectivity index (χ2v) is 5.57. The summed E-state index contributed by atoms with van der Waals surface area (Å²) in [4.78, 5) is 22.3. The molecule has 0 aliphatic rings. The van der Waals surface area contributed by atoms with Crippen LogP contribution in [-0.4, -0.2) is 27.7 Å². The van der Waals surface area contributed by atoms with E-state index in [1.54, 1.807) is 18.2 Å². The van der Waals surface area contributed by atoms with E-state index in [0.717, 1.165) is 6.07 Å². The van der Waals surface area contributed by atoms with Crippen molar-refractivity contribution in [2.24, 2.45) is 10.2 Å². The van der Waals surface area contributed by atoms with Crippen LogP contribution in [-0.2, 0) is 0 Å². The molecule has 0 unspecified atom stereocenters. The first-order chi connectivity index (χ1) is 12.8. The quantitative estimate of drug-likeness (QED) is 0.659. The molecule has 0 aliphatic heterocycles. The molecule has 9 heteroatoms. The molecule has 0 amide bonds. The normalized spacial score (nSPS) is 10.8. The largest absolute Gasteiger partial charge is 0.478 e. The molecule has 0 saturated carbocycles. The van der Waals surface area contributed by atoms with Crippen LogP contribution in [0.25, 0.3) is 0 Å². The maximum Gasteiger partial charge on any atom is 0.337 e. The summed E-state index contributed by atoms with van der Waals surface area (Å²) in [5, 5.41) is 46.8. The highest BCUT2D eigenvalue weighted by atomic mass is 16.4. The summed E-state index contributed by atoms with van der Waals surface area (Å²) >= 11 is 0. The molecule has 0 aliphatic carbocycles. The third-order valence-electron chi connectivity index (χ3n) is 3.43. The molecule has 9 nitrogen and oxygen atoms in total. The van der Waals surface area contributed by atoms with Gasteiger partial charge in [-0.1, -0.05) is 6.07 Å². The van der Waals surface area contributed by atoms with E-state index >= 15 is 0 Å². The van der Waals surface area contributed by atoms with Gasteiger partial charge in [0, 0.05) is 5.69 Å². The van der Waals surface area contributed by atoms with E-state index in [1.165, 1.54) is 25.1 Å². The lowest BCUT2D eigenvalue weighted by molar-refractivity contribution is 0.0696. The Morgan fingerprint density at radius 3 is 2.33 bits per heavy atom. The number of hydrogen-bond donors (Lipinski definition) is 3. The minimum atomic E-state index is -1.42. The van der Waals surface area contributed by atoms with Crippen LogP contribution in [0.15, 0.2) is 52.7 Å². The molecular weight excluding hydrogens is 350 g/mol. The van der Waals surface area contributed by atoms with Gasteiger partial charge in [0.05, 0.1) is 16.8 Å². The molecule has 2 aromatic rings. The van der Waals surface area contributed by atoms with E-state index < -0.39 is 17.5 Å². The van der Waals surface area contributed by atoms with Crippen LogP contribution in [0, 0.1) is 22.7 Å². The van der Waals surface area contributed by atoms with Crippen molar-refractivity contribution in [1.29, 1.82) is 10.5 Å². The first kappa shape index (κ1) is 19.1. The Kier molecular flexibility index (Phi) is 5.49. The minimum Gasteiger partial charge on any atom is -0.478 e. The van der Waals surface area contributed by atoms with Gasteiger partial charge in [0.15, 0.2) is 0 Å². The zero-order chi connectivity index (χ0) is 20.0. The van der Waals surface area contributed by atoms with Gasteiger partial charge in [0.1, 0.15) is 17.8 Å². The summed E-state index contributed by atoms with van der Waals surface area (Å²) in [6, 6.07) is 13.6. The third kappa shape index (κ3) is 4.65. The van der Waals surface area contributed by atoms with E-state index in [4.69, 9.17) is 15.6 Å². The van der Waals surface area contributed by atoms with Crippen LogP contribution < -0.4 is 5.32 Å². The Morgan fingerprint density at radius 1 is 1.04 bits per heavy atom. The number of carbonyl (C=O) groups is 2. The summed E-state index contributed by atoms with van der Waals surface area (Å²) in [5.74, 6) is -2.58. The van der Waals surface area contributed by atoms with Crippen molar-refractivity contribution in [1.82, 2.24) is 0 Å². The number of nitrogens with one attached hydrogen (secondary N) is 1. The molecule has 134 valence electrons.